The summed E-state index contributed by atoms with van der Waals surface area (Å²) in [5.41, 5.74) is 1.77. The van der Waals surface area contributed by atoms with E-state index in [1.165, 1.54) is 0 Å². The van der Waals surface area contributed by atoms with Crippen molar-refractivity contribution in [2.24, 2.45) is 0 Å². The predicted molar refractivity (Wildman–Crippen MR) is 86.5 cm³/mol. The largest absolute Gasteiger partial charge is 0.359 e. The summed E-state index contributed by atoms with van der Waals surface area (Å²) in [5.74, 6) is 1.02. The van der Waals surface area contributed by atoms with Crippen molar-refractivity contribution in [1.29, 1.82) is 0 Å². The van der Waals surface area contributed by atoms with E-state index >= 15 is 0 Å². The first-order chi connectivity index (χ1) is 11.1. The molecule has 0 N–H and O–H groups in total. The molecule has 3 rings (SSSR count). The van der Waals surface area contributed by atoms with Crippen molar-refractivity contribution < 1.29 is 9.32 Å². The Morgan fingerprint density at radius 1 is 1.43 bits per heavy atom. The van der Waals surface area contributed by atoms with Crippen LogP contribution in [0.3, 0.4) is 0 Å². The fourth-order valence-electron chi connectivity index (χ4n) is 3.03. The van der Waals surface area contributed by atoms with Gasteiger partial charge in [-0.3, -0.25) is 14.7 Å². The average Bonchev–Trinajstić information content (AvgIpc) is 3.04. The lowest BCUT2D eigenvalue weighted by Gasteiger charge is -2.35. The molecule has 1 fully saturated rings. The van der Waals surface area contributed by atoms with Crippen molar-refractivity contribution in [3.8, 4) is 11.3 Å². The van der Waals surface area contributed by atoms with Crippen molar-refractivity contribution in [3.63, 3.8) is 0 Å². The van der Waals surface area contributed by atoms with Gasteiger partial charge in [0.2, 0.25) is 5.91 Å². The maximum absolute atomic E-state index is 11.4. The molecule has 1 amide bonds. The molecule has 0 radical (unpaired) electrons. The van der Waals surface area contributed by atoms with Gasteiger partial charge in [-0.05, 0) is 32.0 Å². The Morgan fingerprint density at radius 3 is 2.87 bits per heavy atom. The third-order valence-corrected chi connectivity index (χ3v) is 4.45. The van der Waals surface area contributed by atoms with E-state index in [1.54, 1.807) is 19.3 Å². The molecule has 0 aromatic carbocycles. The average molecular weight is 314 g/mol. The summed E-state index contributed by atoms with van der Waals surface area (Å²) in [6.45, 7) is 4.03. The molecule has 23 heavy (non-hydrogen) atoms. The van der Waals surface area contributed by atoms with Crippen LogP contribution in [0.15, 0.2) is 35.1 Å². The lowest BCUT2D eigenvalue weighted by Crippen LogP contribution is -2.44. The minimum absolute atomic E-state index is 0.169. The molecule has 2 aromatic heterocycles. The Labute approximate surface area is 136 Å². The van der Waals surface area contributed by atoms with Crippen LogP contribution in [0.1, 0.15) is 25.5 Å². The molecule has 2 aromatic rings. The van der Waals surface area contributed by atoms with Crippen LogP contribution >= 0.6 is 0 Å². The molecule has 0 atom stereocenters. The zero-order valence-electron chi connectivity index (χ0n) is 13.6. The third kappa shape index (κ3) is 3.76. The number of hydrogen-bond donors (Lipinski definition) is 0. The third-order valence-electron chi connectivity index (χ3n) is 4.45. The van der Waals surface area contributed by atoms with Crippen LogP contribution in [0.5, 0.6) is 0 Å². The quantitative estimate of drug-likeness (QED) is 0.865. The Kier molecular flexibility index (Phi) is 4.71. The topological polar surface area (TPSA) is 62.5 Å². The van der Waals surface area contributed by atoms with E-state index in [0.717, 1.165) is 49.5 Å². The second kappa shape index (κ2) is 6.91. The van der Waals surface area contributed by atoms with Crippen molar-refractivity contribution >= 4 is 5.91 Å². The normalized spacial score (nSPS) is 16.0. The molecule has 6 nitrogen and oxygen atoms in total. The molecule has 1 saturated heterocycles. The molecular weight excluding hydrogens is 292 g/mol. The maximum atomic E-state index is 11.4. The summed E-state index contributed by atoms with van der Waals surface area (Å²) in [4.78, 5) is 19.7. The molecule has 0 unspecified atom stereocenters. The number of aromatic nitrogens is 2. The first kappa shape index (κ1) is 15.7. The van der Waals surface area contributed by atoms with Crippen molar-refractivity contribution in [2.45, 2.75) is 32.4 Å². The fourth-order valence-corrected chi connectivity index (χ4v) is 3.03. The second-order valence-electron chi connectivity index (χ2n) is 6.07. The van der Waals surface area contributed by atoms with Crippen LogP contribution in [0, 0.1) is 0 Å². The van der Waals surface area contributed by atoms with Gasteiger partial charge in [0.15, 0.2) is 5.76 Å². The summed E-state index contributed by atoms with van der Waals surface area (Å²) < 4.78 is 5.46. The van der Waals surface area contributed by atoms with E-state index in [-0.39, 0.29) is 5.91 Å². The summed E-state index contributed by atoms with van der Waals surface area (Å²) in [6.07, 6.45) is 5.52. The van der Waals surface area contributed by atoms with E-state index in [0.29, 0.717) is 6.04 Å². The highest BCUT2D eigenvalue weighted by atomic mass is 16.5. The molecule has 1 aliphatic heterocycles. The smallest absolute Gasteiger partial charge is 0.219 e. The number of carbonyl (C=O) groups is 1. The summed E-state index contributed by atoms with van der Waals surface area (Å²) >= 11 is 0. The van der Waals surface area contributed by atoms with Gasteiger partial charge in [-0.15, -0.1) is 0 Å². The highest BCUT2D eigenvalue weighted by Crippen LogP contribution is 2.21. The zero-order valence-corrected chi connectivity index (χ0v) is 13.6. The summed E-state index contributed by atoms with van der Waals surface area (Å²) in [7, 11) is 2.10. The highest BCUT2D eigenvalue weighted by molar-refractivity contribution is 5.73. The molecule has 0 aliphatic carbocycles. The first-order valence-electron chi connectivity index (χ1n) is 7.95. The number of carbonyl (C=O) groups excluding carboxylic acids is 1. The van der Waals surface area contributed by atoms with Crippen LogP contribution < -0.4 is 0 Å². The summed E-state index contributed by atoms with van der Waals surface area (Å²) in [5, 5.41) is 4.13. The molecule has 6 heteroatoms. The number of nitrogens with zero attached hydrogens (tertiary/aromatic N) is 4. The van der Waals surface area contributed by atoms with Gasteiger partial charge in [0, 0.05) is 50.1 Å². The van der Waals surface area contributed by atoms with Crippen LogP contribution in [-0.4, -0.2) is 52.0 Å². The molecule has 0 bridgehead atoms. The monoisotopic (exact) mass is 314 g/mol. The Hall–Kier alpha value is -2.21. The van der Waals surface area contributed by atoms with Gasteiger partial charge in [0.05, 0.1) is 6.54 Å². The van der Waals surface area contributed by atoms with Gasteiger partial charge in [0.1, 0.15) is 5.69 Å². The molecular formula is C17H22N4O2. The molecule has 0 saturated carbocycles. The van der Waals surface area contributed by atoms with Crippen LogP contribution in [0.4, 0.5) is 0 Å². The van der Waals surface area contributed by atoms with E-state index in [9.17, 15) is 4.79 Å². The number of likely N-dealkylation sites (tertiary alicyclic amines) is 1. The number of hydrogen-bond acceptors (Lipinski definition) is 5. The SMILES string of the molecule is CC(=O)N1CCC(N(C)Cc2cc(-c3cccnc3)no2)CC1. The number of piperidine rings is 1. The van der Waals surface area contributed by atoms with Gasteiger partial charge < -0.3 is 9.42 Å². The number of rotatable bonds is 4. The zero-order chi connectivity index (χ0) is 16.2. The van der Waals surface area contributed by atoms with Gasteiger partial charge in [-0.1, -0.05) is 5.16 Å². The highest BCUT2D eigenvalue weighted by Gasteiger charge is 2.24. The van der Waals surface area contributed by atoms with Crippen LogP contribution in [0.2, 0.25) is 0 Å². The van der Waals surface area contributed by atoms with E-state index < -0.39 is 0 Å². The van der Waals surface area contributed by atoms with Crippen molar-refractivity contribution in [2.75, 3.05) is 20.1 Å². The van der Waals surface area contributed by atoms with Crippen LogP contribution in [-0.2, 0) is 11.3 Å². The molecule has 122 valence electrons. The van der Waals surface area contributed by atoms with Gasteiger partial charge in [-0.2, -0.15) is 0 Å². The molecule has 1 aliphatic rings. The Morgan fingerprint density at radius 2 is 2.22 bits per heavy atom. The predicted octanol–water partition coefficient (Wildman–Crippen LogP) is 2.18. The lowest BCUT2D eigenvalue weighted by atomic mass is 10.0. The van der Waals surface area contributed by atoms with E-state index in [1.807, 2.05) is 23.1 Å². The standard InChI is InChI=1S/C17H22N4O2/c1-13(22)21-8-5-15(6-9-21)20(2)12-16-10-17(19-23-16)14-4-3-7-18-11-14/h3-4,7,10-11,15H,5-6,8-9,12H2,1-2H3. The number of pyridine rings is 1. The molecule has 0 spiro atoms. The minimum atomic E-state index is 0.169. The second-order valence-corrected chi connectivity index (χ2v) is 6.07. The lowest BCUT2D eigenvalue weighted by molar-refractivity contribution is -0.130. The Bertz CT molecular complexity index is 648. The molecule has 3 heterocycles. The van der Waals surface area contributed by atoms with Gasteiger partial charge in [-0.25, -0.2) is 0 Å². The summed E-state index contributed by atoms with van der Waals surface area (Å²) in [6, 6.07) is 6.30. The van der Waals surface area contributed by atoms with Gasteiger partial charge in [0.25, 0.3) is 0 Å². The van der Waals surface area contributed by atoms with Crippen molar-refractivity contribution in [3.05, 3.63) is 36.4 Å². The fraction of sp³-hybridized carbons (Fsp3) is 0.471. The van der Waals surface area contributed by atoms with Crippen molar-refractivity contribution in [1.82, 2.24) is 19.9 Å². The Balaban J connectivity index is 1.58. The van der Waals surface area contributed by atoms with E-state index in [4.69, 9.17) is 4.52 Å². The maximum Gasteiger partial charge on any atom is 0.219 e. The van der Waals surface area contributed by atoms with Crippen LogP contribution in [0.25, 0.3) is 11.3 Å². The first-order valence-corrected chi connectivity index (χ1v) is 7.95. The number of amides is 1. The van der Waals surface area contributed by atoms with E-state index in [2.05, 4.69) is 22.1 Å². The minimum Gasteiger partial charge on any atom is -0.359 e. The van der Waals surface area contributed by atoms with Gasteiger partial charge >= 0.3 is 0 Å².